The molecule has 1 N–H and O–H groups in total. The van der Waals surface area contributed by atoms with Crippen LogP contribution in [0.25, 0.3) is 0 Å². The minimum Gasteiger partial charge on any atom is -0.375 e. The molecule has 7 nitrogen and oxygen atoms in total. The van der Waals surface area contributed by atoms with Crippen LogP contribution in [0.2, 0.25) is 0 Å². The molecule has 0 bridgehead atoms. The molecule has 0 atom stereocenters. The summed E-state index contributed by atoms with van der Waals surface area (Å²) in [5.41, 5.74) is -0.270. The van der Waals surface area contributed by atoms with Crippen LogP contribution in [-0.4, -0.2) is 36.3 Å². The normalized spacial score (nSPS) is 16.7. The van der Waals surface area contributed by atoms with Crippen molar-refractivity contribution in [2.75, 3.05) is 18.4 Å². The molecule has 22 heavy (non-hydrogen) atoms. The molecule has 1 fully saturated rings. The third kappa shape index (κ3) is 3.56. The molecule has 1 heterocycles. The van der Waals surface area contributed by atoms with Crippen LogP contribution in [0, 0.1) is 10.1 Å². The van der Waals surface area contributed by atoms with E-state index in [1.807, 2.05) is 20.8 Å². The lowest BCUT2D eigenvalue weighted by Gasteiger charge is -2.22. The average molecular weight is 327 g/mol. The summed E-state index contributed by atoms with van der Waals surface area (Å²) in [7, 11) is -3.65. The zero-order valence-electron chi connectivity index (χ0n) is 13.0. The van der Waals surface area contributed by atoms with Crippen LogP contribution < -0.4 is 5.32 Å². The predicted octanol–water partition coefficient (Wildman–Crippen LogP) is 2.59. The summed E-state index contributed by atoms with van der Waals surface area (Å²) in [6.07, 6.45) is 1.65. The Morgan fingerprint density at radius 3 is 2.32 bits per heavy atom. The van der Waals surface area contributed by atoms with Gasteiger partial charge in [0.15, 0.2) is 0 Å². The lowest BCUT2D eigenvalue weighted by molar-refractivity contribution is -0.384. The fraction of sp³-hybridized carbons (Fsp3) is 0.571. The number of sulfonamides is 1. The largest absolute Gasteiger partial charge is 0.375 e. The first-order chi connectivity index (χ1) is 10.1. The lowest BCUT2D eigenvalue weighted by atomic mass is 10.1. The van der Waals surface area contributed by atoms with Gasteiger partial charge in [-0.1, -0.05) is 0 Å². The second kappa shape index (κ2) is 5.85. The Morgan fingerprint density at radius 2 is 1.82 bits per heavy atom. The van der Waals surface area contributed by atoms with Crippen LogP contribution in [0.5, 0.6) is 0 Å². The monoisotopic (exact) mass is 327 g/mol. The number of nitro benzene ring substituents is 1. The summed E-state index contributed by atoms with van der Waals surface area (Å²) in [4.78, 5) is 10.7. The highest BCUT2D eigenvalue weighted by molar-refractivity contribution is 7.89. The van der Waals surface area contributed by atoms with Crippen molar-refractivity contribution in [3.63, 3.8) is 0 Å². The van der Waals surface area contributed by atoms with Gasteiger partial charge in [-0.25, -0.2) is 8.42 Å². The number of benzene rings is 1. The number of nitrogens with zero attached hydrogens (tertiary/aromatic N) is 2. The van der Waals surface area contributed by atoms with E-state index in [1.165, 1.54) is 16.4 Å². The van der Waals surface area contributed by atoms with E-state index in [-0.39, 0.29) is 16.1 Å². The highest BCUT2D eigenvalue weighted by Gasteiger charge is 2.30. The minimum atomic E-state index is -3.65. The number of anilines is 1. The first-order valence-electron chi connectivity index (χ1n) is 7.18. The second-order valence-corrected chi connectivity index (χ2v) is 8.36. The van der Waals surface area contributed by atoms with Crippen LogP contribution in [0.4, 0.5) is 11.4 Å². The standard InChI is InChI=1S/C14H21N3O4S/c1-14(2,3)15-12-7-6-11(10-13(12)17(18)19)22(20,21)16-8-4-5-9-16/h6-7,10,15H,4-5,8-9H2,1-3H3. The SMILES string of the molecule is CC(C)(C)Nc1ccc(S(=O)(=O)N2CCCC2)cc1[N+](=O)[O-]. The number of nitrogens with one attached hydrogen (secondary N) is 1. The highest BCUT2D eigenvalue weighted by Crippen LogP contribution is 2.31. The molecule has 0 saturated carbocycles. The van der Waals surface area contributed by atoms with Crippen molar-refractivity contribution in [1.29, 1.82) is 0 Å². The van der Waals surface area contributed by atoms with Gasteiger partial charge in [-0.05, 0) is 45.7 Å². The molecular formula is C14H21N3O4S. The van der Waals surface area contributed by atoms with E-state index in [4.69, 9.17) is 0 Å². The molecule has 0 aliphatic carbocycles. The zero-order chi connectivity index (χ0) is 16.5. The number of hydrogen-bond donors (Lipinski definition) is 1. The molecule has 1 aliphatic heterocycles. The molecule has 0 unspecified atom stereocenters. The van der Waals surface area contributed by atoms with Gasteiger partial charge in [0.2, 0.25) is 10.0 Å². The first kappa shape index (κ1) is 16.7. The zero-order valence-corrected chi connectivity index (χ0v) is 13.8. The van der Waals surface area contributed by atoms with Gasteiger partial charge in [0.25, 0.3) is 5.69 Å². The highest BCUT2D eigenvalue weighted by atomic mass is 32.2. The second-order valence-electron chi connectivity index (χ2n) is 6.42. The molecule has 8 heteroatoms. The molecule has 1 aromatic rings. The van der Waals surface area contributed by atoms with Crippen molar-refractivity contribution in [2.24, 2.45) is 0 Å². The molecule has 1 aromatic carbocycles. The quantitative estimate of drug-likeness (QED) is 0.678. The van der Waals surface area contributed by atoms with Crippen molar-refractivity contribution in [3.05, 3.63) is 28.3 Å². The van der Waals surface area contributed by atoms with Gasteiger partial charge in [0.05, 0.1) is 9.82 Å². The summed E-state index contributed by atoms with van der Waals surface area (Å²) < 4.78 is 26.4. The van der Waals surface area contributed by atoms with Gasteiger partial charge in [-0.15, -0.1) is 0 Å². The molecule has 2 rings (SSSR count). The molecule has 122 valence electrons. The van der Waals surface area contributed by atoms with E-state index in [0.717, 1.165) is 18.9 Å². The Kier molecular flexibility index (Phi) is 4.44. The van der Waals surface area contributed by atoms with Gasteiger partial charge < -0.3 is 5.32 Å². The van der Waals surface area contributed by atoms with Gasteiger partial charge in [0.1, 0.15) is 5.69 Å². The molecular weight excluding hydrogens is 306 g/mol. The smallest absolute Gasteiger partial charge is 0.293 e. The number of rotatable bonds is 4. The van der Waals surface area contributed by atoms with Gasteiger partial charge >= 0.3 is 0 Å². The van der Waals surface area contributed by atoms with E-state index in [0.29, 0.717) is 18.8 Å². The number of hydrogen-bond acceptors (Lipinski definition) is 5. The van der Waals surface area contributed by atoms with Crippen molar-refractivity contribution in [2.45, 2.75) is 44.0 Å². The van der Waals surface area contributed by atoms with Crippen LogP contribution in [0.1, 0.15) is 33.6 Å². The molecule has 0 radical (unpaired) electrons. The van der Waals surface area contributed by atoms with Crippen molar-refractivity contribution >= 4 is 21.4 Å². The Bertz CT molecular complexity index is 674. The topological polar surface area (TPSA) is 92.6 Å². The Balaban J connectivity index is 2.43. The number of nitro groups is 1. The van der Waals surface area contributed by atoms with Crippen molar-refractivity contribution < 1.29 is 13.3 Å². The van der Waals surface area contributed by atoms with Gasteiger partial charge in [-0.2, -0.15) is 4.31 Å². The minimum absolute atomic E-state index is 0.0273. The van der Waals surface area contributed by atoms with Crippen LogP contribution in [-0.2, 0) is 10.0 Å². The summed E-state index contributed by atoms with van der Waals surface area (Å²) in [5.74, 6) is 0. The van der Waals surface area contributed by atoms with E-state index < -0.39 is 14.9 Å². The molecule has 1 saturated heterocycles. The third-order valence-corrected chi connectivity index (χ3v) is 5.27. The van der Waals surface area contributed by atoms with E-state index in [9.17, 15) is 18.5 Å². The van der Waals surface area contributed by atoms with E-state index >= 15 is 0 Å². The van der Waals surface area contributed by atoms with E-state index in [2.05, 4.69) is 5.32 Å². The van der Waals surface area contributed by atoms with Gasteiger partial charge in [-0.3, -0.25) is 10.1 Å². The molecule has 0 spiro atoms. The molecule has 0 aromatic heterocycles. The van der Waals surface area contributed by atoms with Crippen LogP contribution in [0.15, 0.2) is 23.1 Å². The summed E-state index contributed by atoms with van der Waals surface area (Å²) in [5, 5.41) is 14.3. The van der Waals surface area contributed by atoms with Crippen LogP contribution >= 0.6 is 0 Å². The van der Waals surface area contributed by atoms with Crippen LogP contribution in [0.3, 0.4) is 0 Å². The molecule has 1 aliphatic rings. The fourth-order valence-electron chi connectivity index (χ4n) is 2.41. The maximum Gasteiger partial charge on any atom is 0.293 e. The Hall–Kier alpha value is -1.67. The molecule has 0 amide bonds. The maximum absolute atomic E-state index is 12.5. The van der Waals surface area contributed by atoms with Crippen molar-refractivity contribution in [1.82, 2.24) is 4.31 Å². The Morgan fingerprint density at radius 1 is 1.23 bits per heavy atom. The third-order valence-electron chi connectivity index (χ3n) is 3.38. The predicted molar refractivity (Wildman–Crippen MR) is 84.5 cm³/mol. The van der Waals surface area contributed by atoms with Crippen molar-refractivity contribution in [3.8, 4) is 0 Å². The summed E-state index contributed by atoms with van der Waals surface area (Å²) in [6, 6.07) is 4.03. The average Bonchev–Trinajstić information content (AvgIpc) is 2.91. The lowest BCUT2D eigenvalue weighted by Crippen LogP contribution is -2.28. The summed E-state index contributed by atoms with van der Waals surface area (Å²) in [6.45, 7) is 6.58. The van der Waals surface area contributed by atoms with E-state index in [1.54, 1.807) is 0 Å². The fourth-order valence-corrected chi connectivity index (χ4v) is 3.95. The maximum atomic E-state index is 12.5. The Labute approximate surface area is 130 Å². The van der Waals surface area contributed by atoms with Gasteiger partial charge in [0, 0.05) is 24.7 Å². The first-order valence-corrected chi connectivity index (χ1v) is 8.62. The summed E-state index contributed by atoms with van der Waals surface area (Å²) >= 11 is 0.